The molecule has 2 amide bonds. The van der Waals surface area contributed by atoms with Gasteiger partial charge in [0.25, 0.3) is 0 Å². The van der Waals surface area contributed by atoms with Gasteiger partial charge in [-0.15, -0.1) is 11.3 Å². The quantitative estimate of drug-likeness (QED) is 0.569. The van der Waals surface area contributed by atoms with E-state index >= 15 is 0 Å². The van der Waals surface area contributed by atoms with Crippen LogP contribution >= 0.6 is 27.3 Å². The third-order valence-corrected chi connectivity index (χ3v) is 5.90. The second-order valence-corrected chi connectivity index (χ2v) is 8.34. The molecule has 1 aliphatic heterocycles. The highest BCUT2D eigenvalue weighted by Crippen LogP contribution is 2.27. The first kappa shape index (κ1) is 19.6. The van der Waals surface area contributed by atoms with Crippen LogP contribution in [0.2, 0.25) is 0 Å². The summed E-state index contributed by atoms with van der Waals surface area (Å²) in [7, 11) is 0. The van der Waals surface area contributed by atoms with Gasteiger partial charge in [-0.2, -0.15) is 0 Å². The predicted molar refractivity (Wildman–Crippen MR) is 116 cm³/mol. The molecule has 8 heteroatoms. The SMILES string of the molecule is O=C(Nc1nc(-c2ccc(Br)cc2)cs1)[C@@H]1CCCN1C(=O)Oc1ccccc1. The molecule has 148 valence electrons. The smallest absolute Gasteiger partial charge is 0.410 e. The molecule has 0 unspecified atom stereocenters. The van der Waals surface area contributed by atoms with E-state index in [-0.39, 0.29) is 5.91 Å². The zero-order valence-corrected chi connectivity index (χ0v) is 17.8. The number of nitrogens with zero attached hydrogens (tertiary/aromatic N) is 2. The lowest BCUT2D eigenvalue weighted by Gasteiger charge is -2.22. The van der Waals surface area contributed by atoms with Gasteiger partial charge in [0.1, 0.15) is 11.8 Å². The van der Waals surface area contributed by atoms with Crippen molar-refractivity contribution in [2.75, 3.05) is 11.9 Å². The highest BCUT2D eigenvalue weighted by atomic mass is 79.9. The minimum atomic E-state index is -0.564. The summed E-state index contributed by atoms with van der Waals surface area (Å²) < 4.78 is 6.38. The molecular weight excluding hydrogens is 454 g/mol. The van der Waals surface area contributed by atoms with E-state index < -0.39 is 12.1 Å². The van der Waals surface area contributed by atoms with Gasteiger partial charge >= 0.3 is 6.09 Å². The van der Waals surface area contributed by atoms with Crippen LogP contribution < -0.4 is 10.1 Å². The maximum absolute atomic E-state index is 12.8. The first-order valence-electron chi connectivity index (χ1n) is 9.16. The molecule has 1 fully saturated rings. The Bertz CT molecular complexity index is 1010. The van der Waals surface area contributed by atoms with Crippen LogP contribution in [-0.2, 0) is 4.79 Å². The Morgan fingerprint density at radius 3 is 2.66 bits per heavy atom. The van der Waals surface area contributed by atoms with Gasteiger partial charge in [0, 0.05) is 22.0 Å². The number of nitrogens with one attached hydrogen (secondary N) is 1. The summed E-state index contributed by atoms with van der Waals surface area (Å²) in [5.41, 5.74) is 1.77. The van der Waals surface area contributed by atoms with Crippen LogP contribution in [0.1, 0.15) is 12.8 Å². The van der Waals surface area contributed by atoms with Gasteiger partial charge in [-0.1, -0.05) is 46.3 Å². The first-order chi connectivity index (χ1) is 14.1. The number of benzene rings is 2. The minimum absolute atomic E-state index is 0.246. The van der Waals surface area contributed by atoms with E-state index in [9.17, 15) is 9.59 Å². The number of ether oxygens (including phenoxy) is 1. The van der Waals surface area contributed by atoms with Crippen LogP contribution in [0.5, 0.6) is 5.75 Å². The Kier molecular flexibility index (Phi) is 5.92. The fraction of sp³-hybridized carbons (Fsp3) is 0.190. The number of carbonyl (C=O) groups is 2. The van der Waals surface area contributed by atoms with Crippen LogP contribution in [0.15, 0.2) is 64.5 Å². The monoisotopic (exact) mass is 471 g/mol. The van der Waals surface area contributed by atoms with Gasteiger partial charge in [0.2, 0.25) is 5.91 Å². The van der Waals surface area contributed by atoms with Crippen molar-refractivity contribution in [3.63, 3.8) is 0 Å². The summed E-state index contributed by atoms with van der Waals surface area (Å²) in [6, 6.07) is 16.1. The fourth-order valence-electron chi connectivity index (χ4n) is 3.18. The van der Waals surface area contributed by atoms with E-state index in [1.165, 1.54) is 16.2 Å². The Morgan fingerprint density at radius 2 is 1.90 bits per heavy atom. The first-order valence-corrected chi connectivity index (χ1v) is 10.8. The third kappa shape index (κ3) is 4.65. The zero-order valence-electron chi connectivity index (χ0n) is 15.4. The number of halogens is 1. The van der Waals surface area contributed by atoms with Crippen molar-refractivity contribution in [2.45, 2.75) is 18.9 Å². The summed E-state index contributed by atoms with van der Waals surface area (Å²) >= 11 is 4.77. The second-order valence-electron chi connectivity index (χ2n) is 6.57. The molecule has 1 N–H and O–H groups in total. The number of amides is 2. The van der Waals surface area contributed by atoms with Crippen LogP contribution in [0.3, 0.4) is 0 Å². The van der Waals surface area contributed by atoms with E-state index in [4.69, 9.17) is 4.74 Å². The highest BCUT2D eigenvalue weighted by molar-refractivity contribution is 9.10. The molecule has 1 atom stereocenters. The van der Waals surface area contributed by atoms with Gasteiger partial charge in [-0.3, -0.25) is 9.69 Å². The number of anilines is 1. The zero-order chi connectivity index (χ0) is 20.2. The van der Waals surface area contributed by atoms with Gasteiger partial charge in [0.15, 0.2) is 5.13 Å². The van der Waals surface area contributed by atoms with Crippen LogP contribution in [0.25, 0.3) is 11.3 Å². The van der Waals surface area contributed by atoms with Crippen LogP contribution in [0.4, 0.5) is 9.93 Å². The summed E-state index contributed by atoms with van der Waals surface area (Å²) in [4.78, 5) is 31.3. The van der Waals surface area contributed by atoms with Crippen LogP contribution in [-0.4, -0.2) is 34.5 Å². The number of hydrogen-bond donors (Lipinski definition) is 1. The lowest BCUT2D eigenvalue weighted by Crippen LogP contribution is -2.44. The largest absolute Gasteiger partial charge is 0.415 e. The topological polar surface area (TPSA) is 71.5 Å². The summed E-state index contributed by atoms with van der Waals surface area (Å²) in [6.07, 6.45) is 0.841. The Labute approximate surface area is 180 Å². The van der Waals surface area contributed by atoms with E-state index in [0.29, 0.717) is 23.8 Å². The molecule has 3 aromatic rings. The molecule has 0 aliphatic carbocycles. The Morgan fingerprint density at radius 1 is 1.14 bits per heavy atom. The molecule has 0 spiro atoms. The molecule has 2 heterocycles. The average Bonchev–Trinajstić information content (AvgIpc) is 3.39. The Balaban J connectivity index is 1.41. The molecule has 29 heavy (non-hydrogen) atoms. The summed E-state index contributed by atoms with van der Waals surface area (Å²) in [5, 5.41) is 5.25. The van der Waals surface area contributed by atoms with E-state index in [1.807, 2.05) is 35.7 Å². The van der Waals surface area contributed by atoms with Crippen molar-refractivity contribution in [3.8, 4) is 17.0 Å². The van der Waals surface area contributed by atoms with E-state index in [0.717, 1.165) is 22.2 Å². The number of carbonyl (C=O) groups excluding carboxylic acids is 2. The summed E-state index contributed by atoms with van der Waals surface area (Å²) in [6.45, 7) is 0.492. The number of likely N-dealkylation sites (tertiary alicyclic amines) is 1. The molecule has 0 radical (unpaired) electrons. The van der Waals surface area contributed by atoms with Crippen molar-refractivity contribution in [1.82, 2.24) is 9.88 Å². The maximum Gasteiger partial charge on any atom is 0.415 e. The Hall–Kier alpha value is -2.71. The molecule has 4 rings (SSSR count). The van der Waals surface area contributed by atoms with Gasteiger partial charge in [-0.25, -0.2) is 9.78 Å². The fourth-order valence-corrected chi connectivity index (χ4v) is 4.17. The second kappa shape index (κ2) is 8.75. The lowest BCUT2D eigenvalue weighted by molar-refractivity contribution is -0.119. The van der Waals surface area contributed by atoms with Crippen molar-refractivity contribution < 1.29 is 14.3 Å². The number of rotatable bonds is 4. The predicted octanol–water partition coefficient (Wildman–Crippen LogP) is 5.17. The molecule has 1 saturated heterocycles. The molecule has 1 aliphatic rings. The molecule has 2 aromatic carbocycles. The van der Waals surface area contributed by atoms with Crippen LogP contribution in [0, 0.1) is 0 Å². The van der Waals surface area contributed by atoms with Crippen molar-refractivity contribution >= 4 is 44.4 Å². The molecule has 1 aromatic heterocycles. The summed E-state index contributed by atoms with van der Waals surface area (Å²) in [5.74, 6) is 0.215. The van der Waals surface area contributed by atoms with Crippen molar-refractivity contribution in [1.29, 1.82) is 0 Å². The molecular formula is C21H18BrN3O3S. The van der Waals surface area contributed by atoms with Crippen molar-refractivity contribution in [2.24, 2.45) is 0 Å². The third-order valence-electron chi connectivity index (χ3n) is 4.61. The van der Waals surface area contributed by atoms with Gasteiger partial charge in [0.05, 0.1) is 5.69 Å². The normalized spacial score (nSPS) is 15.9. The molecule has 6 nitrogen and oxygen atoms in total. The van der Waals surface area contributed by atoms with E-state index in [2.05, 4.69) is 26.2 Å². The molecule has 0 bridgehead atoms. The minimum Gasteiger partial charge on any atom is -0.410 e. The number of aromatic nitrogens is 1. The van der Waals surface area contributed by atoms with Gasteiger partial charge in [-0.05, 0) is 37.1 Å². The number of hydrogen-bond acceptors (Lipinski definition) is 5. The number of thiazole rings is 1. The van der Waals surface area contributed by atoms with Gasteiger partial charge < -0.3 is 10.1 Å². The van der Waals surface area contributed by atoms with E-state index in [1.54, 1.807) is 24.3 Å². The highest BCUT2D eigenvalue weighted by Gasteiger charge is 2.35. The lowest BCUT2D eigenvalue weighted by atomic mass is 10.2. The number of para-hydroxylation sites is 1. The molecule has 0 saturated carbocycles. The average molecular weight is 472 g/mol. The van der Waals surface area contributed by atoms with Crippen molar-refractivity contribution in [3.05, 3.63) is 64.5 Å². The standard InChI is InChI=1S/C21H18BrN3O3S/c22-15-10-8-14(9-11-15)17-13-29-20(23-17)24-19(26)18-7-4-12-25(18)21(27)28-16-5-2-1-3-6-16/h1-3,5-6,8-11,13,18H,4,7,12H2,(H,23,24,26)/t18-/m0/s1. The maximum atomic E-state index is 12.8.